The van der Waals surface area contributed by atoms with Gasteiger partial charge in [0.25, 0.3) is 0 Å². The summed E-state index contributed by atoms with van der Waals surface area (Å²) in [6.45, 7) is 8.40. The highest BCUT2D eigenvalue weighted by atomic mass is 19.1. The van der Waals surface area contributed by atoms with Crippen LogP contribution in [0.25, 0.3) is 22.5 Å². The second kappa shape index (κ2) is 13.1. The first kappa shape index (κ1) is 28.7. The Hall–Kier alpha value is -3.85. The number of ether oxygens (including phenoxy) is 3. The number of aromatic nitrogens is 2. The lowest BCUT2D eigenvalue weighted by molar-refractivity contribution is -0.154. The number of halogens is 1. The Morgan fingerprint density at radius 2 is 1.74 bits per heavy atom. The number of hydrogen-bond acceptors (Lipinski definition) is 8. The van der Waals surface area contributed by atoms with Crippen LogP contribution in [0.3, 0.4) is 0 Å². The van der Waals surface area contributed by atoms with E-state index in [2.05, 4.69) is 15.3 Å². The van der Waals surface area contributed by atoms with Crippen LogP contribution in [-0.2, 0) is 32.0 Å². The van der Waals surface area contributed by atoms with Crippen molar-refractivity contribution in [3.05, 3.63) is 65.7 Å². The zero-order valence-electron chi connectivity index (χ0n) is 22.5. The summed E-state index contributed by atoms with van der Waals surface area (Å²) in [5, 5.41) is 3.30. The zero-order valence-corrected chi connectivity index (χ0v) is 22.5. The van der Waals surface area contributed by atoms with E-state index in [4.69, 9.17) is 14.2 Å². The average molecular weight is 524 g/mol. The van der Waals surface area contributed by atoms with Crippen LogP contribution in [0, 0.1) is 5.82 Å². The lowest BCUT2D eigenvalue weighted by Gasteiger charge is -2.19. The standard InChI is InChI=1S/C29H34FN3O5/c1-6-37-27(35)14-19-7-10-25(36-5)24(13-19)23-9-8-20(28-32-17-22(30)18-33-28)15-21(23)16-31-12-11-26(34)38-29(2,3)4/h7-10,13,15,17-18,31H,6,11-12,14,16H2,1-5H3. The minimum Gasteiger partial charge on any atom is -0.496 e. The maximum absolute atomic E-state index is 13.4. The number of nitrogens with zero attached hydrogens (tertiary/aromatic N) is 2. The van der Waals surface area contributed by atoms with E-state index in [9.17, 15) is 14.0 Å². The Kier molecular flexibility index (Phi) is 9.90. The molecule has 2 aromatic carbocycles. The molecule has 9 heteroatoms. The van der Waals surface area contributed by atoms with Gasteiger partial charge in [0.1, 0.15) is 11.4 Å². The van der Waals surface area contributed by atoms with E-state index in [0.29, 0.717) is 36.8 Å². The third-order valence-corrected chi connectivity index (χ3v) is 5.43. The molecule has 3 rings (SSSR count). The van der Waals surface area contributed by atoms with Gasteiger partial charge in [0, 0.05) is 24.2 Å². The third-order valence-electron chi connectivity index (χ3n) is 5.43. The molecule has 0 aliphatic carbocycles. The van der Waals surface area contributed by atoms with Gasteiger partial charge in [-0.3, -0.25) is 9.59 Å². The van der Waals surface area contributed by atoms with Gasteiger partial charge in [-0.15, -0.1) is 0 Å². The van der Waals surface area contributed by atoms with Crippen LogP contribution < -0.4 is 10.1 Å². The Labute approximate surface area is 222 Å². The molecule has 1 N–H and O–H groups in total. The van der Waals surface area contributed by atoms with Crippen LogP contribution in [-0.4, -0.2) is 47.8 Å². The van der Waals surface area contributed by atoms with E-state index < -0.39 is 11.4 Å². The van der Waals surface area contributed by atoms with Gasteiger partial charge in [-0.25, -0.2) is 14.4 Å². The number of carbonyl (C=O) groups is 2. The maximum atomic E-state index is 13.4. The maximum Gasteiger partial charge on any atom is 0.310 e. The summed E-state index contributed by atoms with van der Waals surface area (Å²) in [5.74, 6) is -0.0876. The minimum absolute atomic E-state index is 0.135. The van der Waals surface area contributed by atoms with Crippen molar-refractivity contribution in [2.45, 2.75) is 52.7 Å². The second-order valence-corrected chi connectivity index (χ2v) is 9.63. The highest BCUT2D eigenvalue weighted by Gasteiger charge is 2.17. The average Bonchev–Trinajstić information content (AvgIpc) is 2.86. The molecule has 202 valence electrons. The predicted octanol–water partition coefficient (Wildman–Crippen LogP) is 4.89. The van der Waals surface area contributed by atoms with Crippen molar-refractivity contribution >= 4 is 11.9 Å². The van der Waals surface area contributed by atoms with E-state index in [1.165, 1.54) is 0 Å². The van der Waals surface area contributed by atoms with Gasteiger partial charge in [-0.2, -0.15) is 0 Å². The van der Waals surface area contributed by atoms with Crippen molar-refractivity contribution in [1.82, 2.24) is 15.3 Å². The molecule has 0 atom stereocenters. The van der Waals surface area contributed by atoms with Crippen LogP contribution >= 0.6 is 0 Å². The number of hydrogen-bond donors (Lipinski definition) is 1. The van der Waals surface area contributed by atoms with Gasteiger partial charge in [0.05, 0.1) is 39.0 Å². The molecule has 0 saturated heterocycles. The summed E-state index contributed by atoms with van der Waals surface area (Å²) in [5.41, 5.74) is 3.49. The van der Waals surface area contributed by atoms with Crippen molar-refractivity contribution in [2.75, 3.05) is 20.3 Å². The first-order valence-electron chi connectivity index (χ1n) is 12.5. The summed E-state index contributed by atoms with van der Waals surface area (Å²) < 4.78 is 29.5. The number of methoxy groups -OCH3 is 1. The molecule has 38 heavy (non-hydrogen) atoms. The Bertz CT molecular complexity index is 1260. The van der Waals surface area contributed by atoms with Crippen LogP contribution in [0.2, 0.25) is 0 Å². The monoisotopic (exact) mass is 523 g/mol. The highest BCUT2D eigenvalue weighted by Crippen LogP contribution is 2.35. The van der Waals surface area contributed by atoms with Crippen molar-refractivity contribution in [3.8, 4) is 28.3 Å². The fourth-order valence-corrected chi connectivity index (χ4v) is 3.86. The zero-order chi connectivity index (χ0) is 27.7. The van der Waals surface area contributed by atoms with Gasteiger partial charge >= 0.3 is 11.9 Å². The molecule has 8 nitrogen and oxygen atoms in total. The van der Waals surface area contributed by atoms with Crippen molar-refractivity contribution in [1.29, 1.82) is 0 Å². The van der Waals surface area contributed by atoms with Gasteiger partial charge < -0.3 is 19.5 Å². The summed E-state index contributed by atoms with van der Waals surface area (Å²) >= 11 is 0. The SMILES string of the molecule is CCOC(=O)Cc1ccc(OC)c(-c2ccc(-c3ncc(F)cn3)cc2CNCCC(=O)OC(C)(C)C)c1. The number of rotatable bonds is 11. The molecule has 0 amide bonds. The first-order valence-corrected chi connectivity index (χ1v) is 12.5. The van der Waals surface area contributed by atoms with Crippen molar-refractivity contribution < 1.29 is 28.2 Å². The van der Waals surface area contributed by atoms with Crippen molar-refractivity contribution in [2.24, 2.45) is 0 Å². The largest absolute Gasteiger partial charge is 0.496 e. The van der Waals surface area contributed by atoms with Crippen LogP contribution in [0.1, 0.15) is 45.2 Å². The van der Waals surface area contributed by atoms with Crippen LogP contribution in [0.5, 0.6) is 5.75 Å². The second-order valence-electron chi connectivity index (χ2n) is 9.63. The molecule has 3 aromatic rings. The van der Waals surface area contributed by atoms with E-state index in [0.717, 1.165) is 34.6 Å². The molecule has 1 aromatic heterocycles. The van der Waals surface area contributed by atoms with Gasteiger partial charge in [-0.1, -0.05) is 18.2 Å². The van der Waals surface area contributed by atoms with Crippen LogP contribution in [0.15, 0.2) is 48.8 Å². The molecule has 0 aliphatic heterocycles. The lowest BCUT2D eigenvalue weighted by atomic mass is 9.94. The summed E-state index contributed by atoms with van der Waals surface area (Å²) in [4.78, 5) is 32.4. The first-order chi connectivity index (χ1) is 18.1. The molecule has 0 spiro atoms. The smallest absolute Gasteiger partial charge is 0.310 e. The Morgan fingerprint density at radius 3 is 2.39 bits per heavy atom. The fraction of sp³-hybridized carbons (Fsp3) is 0.379. The van der Waals surface area contributed by atoms with Gasteiger partial charge in [-0.05, 0) is 62.6 Å². The van der Waals surface area contributed by atoms with E-state index in [1.54, 1.807) is 14.0 Å². The molecule has 0 fully saturated rings. The quantitative estimate of drug-likeness (QED) is 0.280. The Balaban J connectivity index is 1.93. The van der Waals surface area contributed by atoms with Gasteiger partial charge in [0.2, 0.25) is 0 Å². The highest BCUT2D eigenvalue weighted by molar-refractivity contribution is 5.79. The number of esters is 2. The van der Waals surface area contributed by atoms with E-state index in [1.807, 2.05) is 57.2 Å². The molecule has 1 heterocycles. The van der Waals surface area contributed by atoms with Crippen LogP contribution in [0.4, 0.5) is 4.39 Å². The fourth-order valence-electron chi connectivity index (χ4n) is 3.86. The molecule has 0 aliphatic rings. The summed E-state index contributed by atoms with van der Waals surface area (Å²) in [7, 11) is 1.59. The summed E-state index contributed by atoms with van der Waals surface area (Å²) in [6.07, 6.45) is 2.59. The summed E-state index contributed by atoms with van der Waals surface area (Å²) in [6, 6.07) is 11.2. The number of carbonyl (C=O) groups excluding carboxylic acids is 2. The van der Waals surface area contributed by atoms with Gasteiger partial charge in [0.15, 0.2) is 11.6 Å². The van der Waals surface area contributed by atoms with Crippen molar-refractivity contribution in [3.63, 3.8) is 0 Å². The van der Waals surface area contributed by atoms with E-state index >= 15 is 0 Å². The predicted molar refractivity (Wildman–Crippen MR) is 142 cm³/mol. The minimum atomic E-state index is -0.543. The molecule has 0 saturated carbocycles. The normalized spacial score (nSPS) is 11.2. The number of benzene rings is 2. The molecular formula is C29H34FN3O5. The number of nitrogens with one attached hydrogen (secondary N) is 1. The Morgan fingerprint density at radius 1 is 1.00 bits per heavy atom. The molecule has 0 unspecified atom stereocenters. The third kappa shape index (κ3) is 8.34. The lowest BCUT2D eigenvalue weighted by Crippen LogP contribution is -2.26. The molecule has 0 radical (unpaired) electrons. The molecule has 0 bridgehead atoms. The molecular weight excluding hydrogens is 489 g/mol. The van der Waals surface area contributed by atoms with E-state index in [-0.39, 0.29) is 24.8 Å². The topological polar surface area (TPSA) is 99.6 Å².